The van der Waals surface area contributed by atoms with Crippen LogP contribution in [0.1, 0.15) is 34.4 Å². The summed E-state index contributed by atoms with van der Waals surface area (Å²) in [7, 11) is 1.61. The number of carbonyl (C=O) groups excluding carboxylic acids is 1. The third-order valence-corrected chi connectivity index (χ3v) is 5.54. The molecule has 2 heterocycles. The van der Waals surface area contributed by atoms with Gasteiger partial charge in [-0.25, -0.2) is 4.98 Å². The lowest BCUT2D eigenvalue weighted by molar-refractivity contribution is 0.103. The van der Waals surface area contributed by atoms with E-state index in [4.69, 9.17) is 9.72 Å². The molecule has 0 saturated heterocycles. The summed E-state index contributed by atoms with van der Waals surface area (Å²) >= 11 is 1.27. The summed E-state index contributed by atoms with van der Waals surface area (Å²) in [5.41, 5.74) is 1.29. The fraction of sp³-hybridized carbons (Fsp3) is 0.350. The number of nitrogens with one attached hydrogen (secondary N) is 1. The van der Waals surface area contributed by atoms with Crippen LogP contribution in [0, 0.1) is 6.92 Å². The van der Waals surface area contributed by atoms with Crippen molar-refractivity contribution in [2.45, 2.75) is 33.2 Å². The molecule has 0 atom stereocenters. The maximum absolute atomic E-state index is 13.1. The molecule has 0 spiro atoms. The van der Waals surface area contributed by atoms with Gasteiger partial charge in [-0.3, -0.25) is 14.2 Å². The van der Waals surface area contributed by atoms with Gasteiger partial charge in [0.25, 0.3) is 11.5 Å². The van der Waals surface area contributed by atoms with Crippen molar-refractivity contribution in [2.24, 2.45) is 0 Å². The highest BCUT2D eigenvalue weighted by molar-refractivity contribution is 7.20. The number of methoxy groups -OCH3 is 1. The number of thiophene rings is 1. The number of rotatable bonds is 7. The number of aryl methyl sites for hydroxylation is 2. The Morgan fingerprint density at radius 2 is 2.04 bits per heavy atom. The lowest BCUT2D eigenvalue weighted by Gasteiger charge is -2.11. The minimum Gasteiger partial charge on any atom is -0.383 e. The standard InChI is InChI=1S/C20H23N3O3S/c1-4-8-15-22-19-16(20(25)23(15)11-12-26-3)13(2)17(27-19)18(24)21-14-9-6-5-7-10-14/h5-7,9-10H,4,8,11-12H2,1-3H3,(H,21,24). The zero-order valence-corrected chi connectivity index (χ0v) is 16.6. The molecule has 3 rings (SSSR count). The van der Waals surface area contributed by atoms with Crippen LogP contribution in [0.25, 0.3) is 10.2 Å². The minimum absolute atomic E-state index is 0.104. The molecule has 2 aromatic heterocycles. The van der Waals surface area contributed by atoms with Crippen LogP contribution < -0.4 is 10.9 Å². The van der Waals surface area contributed by atoms with Crippen LogP contribution in [-0.4, -0.2) is 29.2 Å². The van der Waals surface area contributed by atoms with Gasteiger partial charge < -0.3 is 10.1 Å². The van der Waals surface area contributed by atoms with Crippen LogP contribution in [0.5, 0.6) is 0 Å². The summed E-state index contributed by atoms with van der Waals surface area (Å²) in [5.74, 6) is 0.518. The van der Waals surface area contributed by atoms with E-state index in [0.29, 0.717) is 40.2 Å². The fourth-order valence-corrected chi connectivity index (χ4v) is 4.10. The zero-order chi connectivity index (χ0) is 19.4. The Morgan fingerprint density at radius 3 is 2.70 bits per heavy atom. The number of nitrogens with zero attached hydrogens (tertiary/aromatic N) is 2. The van der Waals surface area contributed by atoms with E-state index in [1.54, 1.807) is 11.7 Å². The molecule has 0 fully saturated rings. The first-order valence-corrected chi connectivity index (χ1v) is 9.76. The fourth-order valence-electron chi connectivity index (χ4n) is 3.01. The molecule has 0 aliphatic rings. The smallest absolute Gasteiger partial charge is 0.266 e. The SMILES string of the molecule is CCCc1nc2sc(C(=O)Nc3ccccc3)c(C)c2c(=O)n1CCOC. The lowest BCUT2D eigenvalue weighted by atomic mass is 10.2. The summed E-state index contributed by atoms with van der Waals surface area (Å²) in [6, 6.07) is 9.27. The average Bonchev–Trinajstić information content (AvgIpc) is 2.99. The second-order valence-corrected chi connectivity index (χ2v) is 7.28. The Balaban J connectivity index is 2.06. The third-order valence-electron chi connectivity index (χ3n) is 4.36. The summed E-state index contributed by atoms with van der Waals surface area (Å²) in [4.78, 5) is 31.6. The maximum Gasteiger partial charge on any atom is 0.266 e. The lowest BCUT2D eigenvalue weighted by Crippen LogP contribution is -2.27. The van der Waals surface area contributed by atoms with Crippen molar-refractivity contribution < 1.29 is 9.53 Å². The number of benzene rings is 1. The van der Waals surface area contributed by atoms with Crippen molar-refractivity contribution in [1.29, 1.82) is 0 Å². The molecule has 6 nitrogen and oxygen atoms in total. The number of hydrogen-bond donors (Lipinski definition) is 1. The average molecular weight is 385 g/mol. The van der Waals surface area contributed by atoms with Gasteiger partial charge in [0.05, 0.1) is 23.4 Å². The summed E-state index contributed by atoms with van der Waals surface area (Å²) in [6.07, 6.45) is 1.59. The van der Waals surface area contributed by atoms with Gasteiger partial charge in [-0.1, -0.05) is 25.1 Å². The molecule has 0 aliphatic carbocycles. The molecule has 0 bridgehead atoms. The first-order valence-electron chi connectivity index (χ1n) is 8.95. The molecule has 142 valence electrons. The number of anilines is 1. The largest absolute Gasteiger partial charge is 0.383 e. The van der Waals surface area contributed by atoms with Crippen LogP contribution in [0.2, 0.25) is 0 Å². The minimum atomic E-state index is -0.221. The van der Waals surface area contributed by atoms with E-state index < -0.39 is 0 Å². The first kappa shape index (κ1) is 19.3. The number of aromatic nitrogens is 2. The number of para-hydroxylation sites is 1. The van der Waals surface area contributed by atoms with Gasteiger partial charge in [0.2, 0.25) is 0 Å². The van der Waals surface area contributed by atoms with Crippen LogP contribution in [0.3, 0.4) is 0 Å². The highest BCUT2D eigenvalue weighted by atomic mass is 32.1. The molecule has 1 aromatic carbocycles. The molecule has 7 heteroatoms. The van der Waals surface area contributed by atoms with Gasteiger partial charge in [0.1, 0.15) is 10.7 Å². The first-order chi connectivity index (χ1) is 13.1. The van der Waals surface area contributed by atoms with Crippen molar-refractivity contribution in [3.05, 3.63) is 57.0 Å². The molecule has 27 heavy (non-hydrogen) atoms. The Hall–Kier alpha value is -2.51. The molecule has 0 aliphatic heterocycles. The number of fused-ring (bicyclic) bond motifs is 1. The van der Waals surface area contributed by atoms with Gasteiger partial charge in [0, 0.05) is 19.2 Å². The van der Waals surface area contributed by atoms with Crippen LogP contribution in [-0.2, 0) is 17.7 Å². The van der Waals surface area contributed by atoms with Crippen LogP contribution in [0.15, 0.2) is 35.1 Å². The Morgan fingerprint density at radius 1 is 1.30 bits per heavy atom. The molecule has 0 saturated carbocycles. The van der Waals surface area contributed by atoms with Crippen LogP contribution in [0.4, 0.5) is 5.69 Å². The van der Waals surface area contributed by atoms with E-state index in [9.17, 15) is 9.59 Å². The summed E-state index contributed by atoms with van der Waals surface area (Å²) < 4.78 is 6.81. The van der Waals surface area contributed by atoms with Gasteiger partial charge in [0.15, 0.2) is 0 Å². The Labute approximate surface area is 161 Å². The van der Waals surface area contributed by atoms with E-state index in [0.717, 1.165) is 17.9 Å². The predicted octanol–water partition coefficient (Wildman–Crippen LogP) is 3.62. The van der Waals surface area contributed by atoms with Gasteiger partial charge in [-0.05, 0) is 31.0 Å². The van der Waals surface area contributed by atoms with Gasteiger partial charge in [-0.2, -0.15) is 0 Å². The van der Waals surface area contributed by atoms with Crippen LogP contribution >= 0.6 is 11.3 Å². The molecule has 0 unspecified atom stereocenters. The molecule has 0 radical (unpaired) electrons. The van der Waals surface area contributed by atoms with Crippen molar-refractivity contribution in [2.75, 3.05) is 19.0 Å². The number of amides is 1. The normalized spacial score (nSPS) is 11.1. The quantitative estimate of drug-likeness (QED) is 0.674. The van der Waals surface area contributed by atoms with E-state index in [-0.39, 0.29) is 11.5 Å². The molecular formula is C20H23N3O3S. The molecule has 1 amide bonds. The van der Waals surface area contributed by atoms with E-state index in [1.807, 2.05) is 37.3 Å². The molecule has 3 aromatic rings. The highest BCUT2D eigenvalue weighted by Gasteiger charge is 2.21. The van der Waals surface area contributed by atoms with E-state index >= 15 is 0 Å². The highest BCUT2D eigenvalue weighted by Crippen LogP contribution is 2.28. The van der Waals surface area contributed by atoms with Gasteiger partial charge in [-0.15, -0.1) is 11.3 Å². The predicted molar refractivity (Wildman–Crippen MR) is 109 cm³/mol. The number of carbonyl (C=O) groups is 1. The number of hydrogen-bond acceptors (Lipinski definition) is 5. The third kappa shape index (κ3) is 3.94. The van der Waals surface area contributed by atoms with E-state index in [2.05, 4.69) is 12.2 Å². The molecular weight excluding hydrogens is 362 g/mol. The zero-order valence-electron chi connectivity index (χ0n) is 15.7. The second kappa shape index (κ2) is 8.45. The Bertz CT molecular complexity index is 1010. The monoisotopic (exact) mass is 385 g/mol. The molecule has 1 N–H and O–H groups in total. The van der Waals surface area contributed by atoms with Crippen molar-refractivity contribution >= 4 is 33.1 Å². The second-order valence-electron chi connectivity index (χ2n) is 6.28. The van der Waals surface area contributed by atoms with E-state index in [1.165, 1.54) is 11.3 Å². The summed E-state index contributed by atoms with van der Waals surface area (Å²) in [5, 5.41) is 3.41. The van der Waals surface area contributed by atoms with Crippen molar-refractivity contribution in [3.8, 4) is 0 Å². The number of ether oxygens (including phenoxy) is 1. The summed E-state index contributed by atoms with van der Waals surface area (Å²) in [6.45, 7) is 4.75. The van der Waals surface area contributed by atoms with Crippen molar-refractivity contribution in [3.63, 3.8) is 0 Å². The maximum atomic E-state index is 13.1. The topological polar surface area (TPSA) is 73.2 Å². The van der Waals surface area contributed by atoms with Gasteiger partial charge >= 0.3 is 0 Å². The Kier molecular flexibility index (Phi) is 6.03. The van der Waals surface area contributed by atoms with Crippen molar-refractivity contribution in [1.82, 2.24) is 9.55 Å².